The number of aryl methyl sites for hydroxylation is 1. The van der Waals surface area contributed by atoms with E-state index >= 15 is 0 Å². The van der Waals surface area contributed by atoms with Crippen molar-refractivity contribution in [3.8, 4) is 28.3 Å². The van der Waals surface area contributed by atoms with Crippen LogP contribution in [0.5, 0.6) is 5.75 Å². The van der Waals surface area contributed by atoms with E-state index in [1.165, 1.54) is 0 Å². The van der Waals surface area contributed by atoms with E-state index in [1.807, 2.05) is 66.7 Å². The smallest absolute Gasteiger partial charge is 0.408 e. The summed E-state index contributed by atoms with van der Waals surface area (Å²) in [4.78, 5) is 41.5. The van der Waals surface area contributed by atoms with Crippen molar-refractivity contribution in [2.75, 3.05) is 12.0 Å². The molecule has 0 saturated carbocycles. The number of ether oxygens (including phenoxy) is 2. The lowest BCUT2D eigenvalue weighted by Gasteiger charge is -2.30. The predicted octanol–water partition coefficient (Wildman–Crippen LogP) is 5.20. The lowest BCUT2D eigenvalue weighted by molar-refractivity contribution is -0.128. The number of H-pyrrole nitrogens is 1. The SMILES string of the molecule is COc1ccc2c(c1)N(Cc1ccc(-c3ccccc3-c3nn[nH]n3)cc1)C(=O)C(NC(=O)CC(C)(C)NC(=O)OC(C)(C)C)CC2. The fraction of sp³-hybridized carbons (Fsp3) is 0.371. The van der Waals surface area contributed by atoms with E-state index in [-0.39, 0.29) is 24.8 Å². The predicted molar refractivity (Wildman–Crippen MR) is 178 cm³/mol. The van der Waals surface area contributed by atoms with Crippen LogP contribution in [0.3, 0.4) is 0 Å². The van der Waals surface area contributed by atoms with Crippen LogP contribution in [0.15, 0.2) is 66.7 Å². The highest BCUT2D eigenvalue weighted by atomic mass is 16.6. The van der Waals surface area contributed by atoms with E-state index in [9.17, 15) is 14.4 Å². The number of methoxy groups -OCH3 is 1. The number of nitrogens with one attached hydrogen (secondary N) is 3. The maximum Gasteiger partial charge on any atom is 0.408 e. The second-order valence-electron chi connectivity index (χ2n) is 13.2. The zero-order chi connectivity index (χ0) is 33.8. The monoisotopic (exact) mass is 639 g/mol. The van der Waals surface area contributed by atoms with Crippen LogP contribution < -0.4 is 20.3 Å². The molecule has 0 aliphatic carbocycles. The lowest BCUT2D eigenvalue weighted by atomic mass is 9.98. The molecule has 1 atom stereocenters. The van der Waals surface area contributed by atoms with Gasteiger partial charge in [-0.2, -0.15) is 5.21 Å². The summed E-state index contributed by atoms with van der Waals surface area (Å²) in [5.74, 6) is 0.558. The van der Waals surface area contributed by atoms with Gasteiger partial charge in [0.15, 0.2) is 0 Å². The Bertz CT molecular complexity index is 1730. The van der Waals surface area contributed by atoms with Crippen molar-refractivity contribution in [3.63, 3.8) is 0 Å². The Morgan fingerprint density at radius 3 is 2.38 bits per heavy atom. The molecule has 246 valence electrons. The van der Waals surface area contributed by atoms with Gasteiger partial charge in [-0.25, -0.2) is 4.79 Å². The molecule has 12 nitrogen and oxygen atoms in total. The standard InChI is InChI=1S/C35H41N7O5/c1-34(2,3)47-33(45)37-35(4,5)20-30(43)36-28-18-16-24-15-17-25(46-6)19-29(24)42(32(28)44)21-22-11-13-23(14-12-22)26-9-7-8-10-27(26)31-38-40-41-39-31/h7-15,17,19,28H,16,18,20-21H2,1-6H3,(H,36,43)(H,37,45)(H,38,39,40,41). The number of aromatic nitrogens is 4. The third-order valence-electron chi connectivity index (χ3n) is 7.75. The van der Waals surface area contributed by atoms with Gasteiger partial charge in [0.05, 0.1) is 19.3 Å². The largest absolute Gasteiger partial charge is 0.497 e. The first-order valence-electron chi connectivity index (χ1n) is 15.5. The van der Waals surface area contributed by atoms with Crippen molar-refractivity contribution in [1.29, 1.82) is 0 Å². The molecule has 1 unspecified atom stereocenters. The fourth-order valence-electron chi connectivity index (χ4n) is 5.61. The van der Waals surface area contributed by atoms with Crippen LogP contribution in [0.25, 0.3) is 22.5 Å². The zero-order valence-corrected chi connectivity index (χ0v) is 27.6. The van der Waals surface area contributed by atoms with Crippen molar-refractivity contribution >= 4 is 23.6 Å². The normalized spacial score (nSPS) is 15.0. The summed E-state index contributed by atoms with van der Waals surface area (Å²) in [7, 11) is 1.59. The fourth-order valence-corrected chi connectivity index (χ4v) is 5.61. The minimum absolute atomic E-state index is 0.0381. The molecule has 0 fully saturated rings. The number of hydrogen-bond acceptors (Lipinski definition) is 8. The molecule has 3 aromatic carbocycles. The molecule has 0 bridgehead atoms. The van der Waals surface area contributed by atoms with Gasteiger partial charge in [-0.15, -0.1) is 10.2 Å². The van der Waals surface area contributed by atoms with E-state index in [0.29, 0.717) is 24.4 Å². The van der Waals surface area contributed by atoms with Crippen LogP contribution in [-0.4, -0.2) is 62.8 Å². The summed E-state index contributed by atoms with van der Waals surface area (Å²) in [6, 6.07) is 20.7. The quantitative estimate of drug-likeness (QED) is 0.226. The molecule has 47 heavy (non-hydrogen) atoms. The molecular weight excluding hydrogens is 598 g/mol. The first-order chi connectivity index (χ1) is 22.3. The third-order valence-corrected chi connectivity index (χ3v) is 7.75. The van der Waals surface area contributed by atoms with Gasteiger partial charge in [0.25, 0.3) is 0 Å². The van der Waals surface area contributed by atoms with E-state index in [1.54, 1.807) is 46.6 Å². The topological polar surface area (TPSA) is 151 Å². The summed E-state index contributed by atoms with van der Waals surface area (Å²) in [5.41, 5.74) is 3.82. The minimum atomic E-state index is -0.902. The van der Waals surface area contributed by atoms with Gasteiger partial charge in [0.2, 0.25) is 17.6 Å². The summed E-state index contributed by atoms with van der Waals surface area (Å²) in [6.07, 6.45) is 0.355. The Morgan fingerprint density at radius 2 is 1.72 bits per heavy atom. The molecule has 3 N–H and O–H groups in total. The molecule has 1 aliphatic rings. The number of rotatable bonds is 9. The Kier molecular flexibility index (Phi) is 9.59. The van der Waals surface area contributed by atoms with E-state index < -0.39 is 23.3 Å². The number of hydrogen-bond donors (Lipinski definition) is 3. The third kappa shape index (κ3) is 8.32. The number of fused-ring (bicyclic) bond motifs is 1. The van der Waals surface area contributed by atoms with Crippen LogP contribution in [-0.2, 0) is 27.3 Å². The number of alkyl carbamates (subject to hydrolysis) is 1. The number of amides is 3. The molecule has 4 aromatic rings. The van der Waals surface area contributed by atoms with Crippen molar-refractivity contribution in [3.05, 3.63) is 77.9 Å². The molecule has 0 spiro atoms. The molecule has 0 radical (unpaired) electrons. The van der Waals surface area contributed by atoms with Gasteiger partial charge in [0, 0.05) is 23.6 Å². The Hall–Kier alpha value is -5.26. The van der Waals surface area contributed by atoms with Crippen molar-refractivity contribution in [2.45, 2.75) is 77.6 Å². The molecule has 12 heteroatoms. The number of nitrogens with zero attached hydrogens (tertiary/aromatic N) is 4. The van der Waals surface area contributed by atoms with Gasteiger partial charge in [0.1, 0.15) is 17.4 Å². The number of tetrazole rings is 1. The summed E-state index contributed by atoms with van der Waals surface area (Å²) in [6.45, 7) is 9.08. The lowest BCUT2D eigenvalue weighted by Crippen LogP contribution is -2.52. The molecule has 5 rings (SSSR count). The number of carbonyl (C=O) groups excluding carboxylic acids is 3. The Labute approximate surface area is 274 Å². The average Bonchev–Trinajstić information content (AvgIpc) is 3.52. The molecule has 1 aliphatic heterocycles. The summed E-state index contributed by atoms with van der Waals surface area (Å²) < 4.78 is 10.9. The number of anilines is 1. The van der Waals surface area contributed by atoms with Crippen LogP contribution in [0, 0.1) is 0 Å². The molecule has 1 aromatic heterocycles. The van der Waals surface area contributed by atoms with Crippen LogP contribution in [0.2, 0.25) is 0 Å². The Morgan fingerprint density at radius 1 is 1.00 bits per heavy atom. The summed E-state index contributed by atoms with van der Waals surface area (Å²) >= 11 is 0. The van der Waals surface area contributed by atoms with Gasteiger partial charge in [-0.3, -0.25) is 9.59 Å². The van der Waals surface area contributed by atoms with Crippen molar-refractivity contribution in [2.24, 2.45) is 0 Å². The second-order valence-corrected chi connectivity index (χ2v) is 13.2. The van der Waals surface area contributed by atoms with Gasteiger partial charge in [-0.1, -0.05) is 54.6 Å². The highest BCUT2D eigenvalue weighted by Crippen LogP contribution is 2.34. The van der Waals surface area contributed by atoms with Gasteiger partial charge >= 0.3 is 6.09 Å². The molecular formula is C35H41N7O5. The molecule has 0 saturated heterocycles. The minimum Gasteiger partial charge on any atom is -0.497 e. The number of carbonyl (C=O) groups is 3. The first-order valence-corrected chi connectivity index (χ1v) is 15.5. The highest BCUT2D eigenvalue weighted by molar-refractivity contribution is 6.00. The van der Waals surface area contributed by atoms with E-state index in [0.717, 1.165) is 33.5 Å². The van der Waals surface area contributed by atoms with Crippen molar-refractivity contribution in [1.82, 2.24) is 31.3 Å². The maximum absolute atomic E-state index is 14.2. The van der Waals surface area contributed by atoms with Crippen LogP contribution in [0.1, 0.15) is 58.6 Å². The molecule has 3 amide bonds. The first kappa shape index (κ1) is 33.1. The maximum atomic E-state index is 14.2. The van der Waals surface area contributed by atoms with E-state index in [2.05, 4.69) is 31.3 Å². The average molecular weight is 640 g/mol. The zero-order valence-electron chi connectivity index (χ0n) is 27.6. The van der Waals surface area contributed by atoms with Crippen molar-refractivity contribution < 1.29 is 23.9 Å². The van der Waals surface area contributed by atoms with Gasteiger partial charge in [-0.05, 0) is 81.0 Å². The van der Waals surface area contributed by atoms with Gasteiger partial charge < -0.3 is 25.0 Å². The Balaban J connectivity index is 1.36. The van der Waals surface area contributed by atoms with Crippen LogP contribution >= 0.6 is 0 Å². The summed E-state index contributed by atoms with van der Waals surface area (Å²) in [5, 5.41) is 20.2. The highest BCUT2D eigenvalue weighted by Gasteiger charge is 2.34. The molecule has 2 heterocycles. The number of benzene rings is 3. The van der Waals surface area contributed by atoms with Crippen LogP contribution in [0.4, 0.5) is 10.5 Å². The number of aromatic amines is 1. The second kappa shape index (κ2) is 13.6. The van der Waals surface area contributed by atoms with E-state index in [4.69, 9.17) is 9.47 Å².